The molecule has 12 rings (SSSR count). The predicted molar refractivity (Wildman–Crippen MR) is 371 cm³/mol. The summed E-state index contributed by atoms with van der Waals surface area (Å²) < 4.78 is 95.6. The van der Waals surface area contributed by atoms with Crippen LogP contribution in [0.15, 0.2) is 29.9 Å². The van der Waals surface area contributed by atoms with E-state index in [0.29, 0.717) is 31.2 Å². The van der Waals surface area contributed by atoms with E-state index >= 15 is 4.79 Å². The molecule has 1 aromatic carbocycles. The maximum absolute atomic E-state index is 16.2. The van der Waals surface area contributed by atoms with E-state index < -0.39 is 279 Å². The van der Waals surface area contributed by atoms with Crippen LogP contribution in [0.25, 0.3) is 6.08 Å². The van der Waals surface area contributed by atoms with Gasteiger partial charge in [0.25, 0.3) is 0 Å². The van der Waals surface area contributed by atoms with Crippen LogP contribution in [0.3, 0.4) is 0 Å². The molecule has 36 heteroatoms. The number of aliphatic hydroxyl groups is 16. The zero-order chi connectivity index (χ0) is 80.9. The van der Waals surface area contributed by atoms with E-state index in [1.807, 2.05) is 13.0 Å². The number of hydrogen-bond donors (Lipinski definition) is 17. The summed E-state index contributed by atoms with van der Waals surface area (Å²) in [6, 6.07) is 3.11. The van der Waals surface area contributed by atoms with E-state index in [2.05, 4.69) is 20.8 Å². The molecular weight excluding hydrogens is 1480 g/mol. The molecule has 10 fully saturated rings. The molecule has 111 heavy (non-hydrogen) atoms. The molecule has 36 nitrogen and oxygen atoms in total. The number of fused-ring (bicyclic) bond motifs is 7. The Balaban J connectivity index is 0.857. The number of carboxylic acids is 1. The summed E-state index contributed by atoms with van der Waals surface area (Å²) in [5, 5.41) is 191. The molecular formula is C75H112O36. The first-order chi connectivity index (χ1) is 52.3. The van der Waals surface area contributed by atoms with Crippen LogP contribution in [0.4, 0.5) is 0 Å². The van der Waals surface area contributed by atoms with Crippen molar-refractivity contribution in [1.29, 1.82) is 0 Å². The number of rotatable bonds is 22. The van der Waals surface area contributed by atoms with Crippen molar-refractivity contribution in [3.05, 3.63) is 35.4 Å². The highest BCUT2D eigenvalue weighted by atomic mass is 16.8. The van der Waals surface area contributed by atoms with Crippen LogP contribution < -0.4 is 14.2 Å². The van der Waals surface area contributed by atoms with Gasteiger partial charge in [0.1, 0.15) is 103 Å². The average molecular weight is 1590 g/mol. The van der Waals surface area contributed by atoms with Crippen LogP contribution in [0.1, 0.15) is 112 Å². The van der Waals surface area contributed by atoms with Gasteiger partial charge in [-0.25, -0.2) is 4.79 Å². The minimum Gasteiger partial charge on any atom is -0.493 e. The first-order valence-electron chi connectivity index (χ1n) is 38.0. The molecule has 5 aliphatic carbocycles. The lowest BCUT2D eigenvalue weighted by atomic mass is 9.33. The highest BCUT2D eigenvalue weighted by molar-refractivity contribution is 5.87. The summed E-state index contributed by atoms with van der Waals surface area (Å²) in [5.74, 6) is -4.19. The lowest BCUT2D eigenvalue weighted by molar-refractivity contribution is -0.388. The van der Waals surface area contributed by atoms with Crippen molar-refractivity contribution in [2.75, 3.05) is 61.0 Å². The Bertz CT molecular complexity index is 3480. The standard InChI is InChI=1S/C75H112O36/c1-31-53(105-44(82)14-11-33-21-39(96-8)56(98-10)40(22-33)97-9)50(88)58(109-64-52(90)57(108-66-59(91)75(95,29-78)30-101-66)54(32(2)102-64)106-62-51(89)55(38(81)27-100-62)107-61-48(86)45(83)37(80)26-99-61)65(103-31)111-68(94)73-18-17-69(3,4)23-35(73)34-12-13-42-70(5)24-36(79)60(110-63-49(87)47(85)46(84)41(25-76)104-63)72(7,67(92)93)43(70)15-16-71(42,6)74(34,28-77)20-19-73/h11-12,14,21-22,31-32,35-38,41-43,45-55,57-66,76-81,83-91,95H,13,15-20,23-30H2,1-10H3,(H,92,93)/t31?,32?,35-,36?,37?,38?,41?,42+,43+,45?,46?,47?,48?,49?,50?,51?,52?,53?,54?,55?,57?,58?,59?,60?,61?,62?,63?,64?,65?,66?,70+,71+,72-,73-,74-,75+/m0/s1. The molecule has 36 atom stereocenters. The molecule has 4 saturated carbocycles. The van der Waals surface area contributed by atoms with Gasteiger partial charge in [-0.2, -0.15) is 0 Å². The van der Waals surface area contributed by atoms with Gasteiger partial charge in [-0.1, -0.05) is 39.3 Å². The molecule has 1 aromatic rings. The zero-order valence-corrected chi connectivity index (χ0v) is 63.7. The second-order valence-electron chi connectivity index (χ2n) is 33.7. The summed E-state index contributed by atoms with van der Waals surface area (Å²) in [6.07, 6.45) is -41.1. The van der Waals surface area contributed by atoms with E-state index in [0.717, 1.165) is 11.6 Å². The molecule has 0 bridgehead atoms. The molecule has 628 valence electrons. The number of ether oxygens (including phenoxy) is 16. The third kappa shape index (κ3) is 15.0. The minimum atomic E-state index is -2.31. The van der Waals surface area contributed by atoms with E-state index in [9.17, 15) is 96.4 Å². The van der Waals surface area contributed by atoms with Crippen LogP contribution in [0, 0.1) is 50.2 Å². The Hall–Kier alpha value is -4.57. The molecule has 0 radical (unpaired) electrons. The Morgan fingerprint density at radius 1 is 0.559 bits per heavy atom. The fourth-order valence-electron chi connectivity index (χ4n) is 20.5. The lowest BCUT2D eigenvalue weighted by Gasteiger charge is -2.71. The summed E-state index contributed by atoms with van der Waals surface area (Å²) >= 11 is 0. The highest BCUT2D eigenvalue weighted by Gasteiger charge is 2.74. The number of methoxy groups -OCH3 is 3. The van der Waals surface area contributed by atoms with Crippen LogP contribution in [0.5, 0.6) is 17.2 Å². The Morgan fingerprint density at radius 2 is 1.15 bits per heavy atom. The topological polar surface area (TPSA) is 543 Å². The Kier molecular flexibility index (Phi) is 25.3. The lowest BCUT2D eigenvalue weighted by Crippen LogP contribution is -2.71. The monoisotopic (exact) mass is 1590 g/mol. The maximum Gasteiger partial charge on any atom is 0.331 e. The number of carbonyl (C=O) groups is 3. The van der Waals surface area contributed by atoms with Crippen molar-refractivity contribution < 1.29 is 177 Å². The number of allylic oxidation sites excluding steroid dienone is 1. The van der Waals surface area contributed by atoms with Crippen molar-refractivity contribution in [2.24, 2.45) is 50.2 Å². The largest absolute Gasteiger partial charge is 0.493 e. The Morgan fingerprint density at radius 3 is 1.78 bits per heavy atom. The summed E-state index contributed by atoms with van der Waals surface area (Å²) in [4.78, 5) is 44.3. The van der Waals surface area contributed by atoms with Crippen LogP contribution in [0.2, 0.25) is 0 Å². The Labute approximate surface area is 640 Å². The second kappa shape index (κ2) is 32.7. The molecule has 6 heterocycles. The highest BCUT2D eigenvalue weighted by Crippen LogP contribution is 2.76. The van der Waals surface area contributed by atoms with E-state index in [4.69, 9.17) is 75.8 Å². The number of carbonyl (C=O) groups excluding carboxylic acids is 2. The smallest absolute Gasteiger partial charge is 0.331 e. The molecule has 17 N–H and O–H groups in total. The molecule has 6 aliphatic heterocycles. The van der Waals surface area contributed by atoms with Gasteiger partial charge in [-0.3, -0.25) is 9.59 Å². The SMILES string of the molecule is COc1cc(C=CC(=O)OC2C(C)OC(OC(=O)[C@]34CCC(C)(C)C[C@H]3C3=CC[C@@H]5[C@@]6(C)CC(O)C(OC7OC(CO)C(O)C(O)C7O)[C@@](C)(C(=O)O)[C@@H]6CC[C@@]5(C)[C@]3(CO)CC4)C(OC3OC(C)C(OC4OCC(O)C(OC5OCC(O)C(O)C5O)C4O)C(OC4OC[C@](O)(CO)C4O)C3O)C2O)cc(OC)c1OC. The summed E-state index contributed by atoms with van der Waals surface area (Å²) in [7, 11) is 4.22. The maximum atomic E-state index is 16.2. The van der Waals surface area contributed by atoms with Crippen molar-refractivity contribution >= 4 is 24.0 Å². The normalized spacial score (nSPS) is 48.4. The first kappa shape index (κ1) is 85.8. The van der Waals surface area contributed by atoms with Crippen LogP contribution >= 0.6 is 0 Å². The quantitative estimate of drug-likeness (QED) is 0.0236. The number of esters is 2. The molecule has 0 spiro atoms. The van der Waals surface area contributed by atoms with Crippen LogP contribution in [-0.4, -0.2) is 337 Å². The number of hydrogen-bond acceptors (Lipinski definition) is 35. The minimum absolute atomic E-state index is 0.0230. The molecule has 11 aliphatic rings. The summed E-state index contributed by atoms with van der Waals surface area (Å²) in [5.41, 5.74) is -7.77. The zero-order valence-electron chi connectivity index (χ0n) is 63.7. The van der Waals surface area contributed by atoms with Gasteiger partial charge in [0.15, 0.2) is 55.2 Å². The number of benzene rings is 1. The van der Waals surface area contributed by atoms with Crippen molar-refractivity contribution in [2.45, 2.75) is 278 Å². The predicted octanol–water partition coefficient (Wildman–Crippen LogP) is -3.11. The third-order valence-electron chi connectivity index (χ3n) is 26.9. The van der Waals surface area contributed by atoms with E-state index in [1.54, 1.807) is 12.1 Å². The third-order valence-corrected chi connectivity index (χ3v) is 26.9. The first-order valence-corrected chi connectivity index (χ1v) is 38.0. The van der Waals surface area contributed by atoms with E-state index in [-0.39, 0.29) is 49.4 Å². The average Bonchev–Trinajstić information content (AvgIpc) is 1.37. The van der Waals surface area contributed by atoms with Gasteiger partial charge in [0, 0.05) is 11.5 Å². The number of aliphatic hydroxyl groups excluding tert-OH is 15. The second-order valence-corrected chi connectivity index (χ2v) is 33.7. The molecule has 0 amide bonds. The fourth-order valence-corrected chi connectivity index (χ4v) is 20.5. The fraction of sp³-hybridized carbons (Fsp3) is 0.827. The van der Waals surface area contributed by atoms with Gasteiger partial charge in [0.2, 0.25) is 12.0 Å². The van der Waals surface area contributed by atoms with Gasteiger partial charge >= 0.3 is 17.9 Å². The molecule has 0 aromatic heterocycles. The van der Waals surface area contributed by atoms with Gasteiger partial charge in [-0.15, -0.1) is 0 Å². The van der Waals surface area contributed by atoms with E-state index in [1.165, 1.54) is 48.2 Å². The van der Waals surface area contributed by atoms with Crippen molar-refractivity contribution in [1.82, 2.24) is 0 Å². The number of aliphatic carboxylic acids is 1. The van der Waals surface area contributed by atoms with Crippen LogP contribution in [-0.2, 0) is 76.0 Å². The molecule has 27 unspecified atom stereocenters. The molecule has 6 saturated heterocycles. The number of carboxylic acid groups (broad SMARTS) is 1. The summed E-state index contributed by atoms with van der Waals surface area (Å²) in [6.45, 7) is 8.42. The van der Waals surface area contributed by atoms with Gasteiger partial charge in [0.05, 0.1) is 90.1 Å². The van der Waals surface area contributed by atoms with Crippen molar-refractivity contribution in [3.8, 4) is 17.2 Å². The van der Waals surface area contributed by atoms with Gasteiger partial charge in [-0.05, 0) is 136 Å². The van der Waals surface area contributed by atoms with Crippen molar-refractivity contribution in [3.63, 3.8) is 0 Å². The van der Waals surface area contributed by atoms with Gasteiger partial charge < -0.3 is 163 Å².